The van der Waals surface area contributed by atoms with Crippen LogP contribution in [-0.4, -0.2) is 6.61 Å². The molecule has 0 radical (unpaired) electrons. The van der Waals surface area contributed by atoms with E-state index in [9.17, 15) is 4.39 Å². The van der Waals surface area contributed by atoms with Crippen molar-refractivity contribution < 1.29 is 9.13 Å². The zero-order chi connectivity index (χ0) is 13.8. The van der Waals surface area contributed by atoms with Crippen LogP contribution < -0.4 is 10.5 Å². The third-order valence-corrected chi connectivity index (χ3v) is 3.18. The monoisotopic (exact) mass is 279 g/mol. The largest absolute Gasteiger partial charge is 0.494 e. The van der Waals surface area contributed by atoms with Gasteiger partial charge in [-0.3, -0.25) is 0 Å². The van der Waals surface area contributed by atoms with E-state index < -0.39 is 0 Å². The molecule has 4 heteroatoms. The van der Waals surface area contributed by atoms with Crippen LogP contribution in [0.5, 0.6) is 5.75 Å². The van der Waals surface area contributed by atoms with Crippen molar-refractivity contribution in [2.45, 2.75) is 13.0 Å². The smallest absolute Gasteiger partial charge is 0.124 e. The maximum Gasteiger partial charge on any atom is 0.124 e. The second-order valence-corrected chi connectivity index (χ2v) is 4.55. The first-order chi connectivity index (χ1) is 9.11. The maximum atomic E-state index is 13.0. The predicted octanol–water partition coefficient (Wildman–Crippen LogP) is 3.93. The lowest BCUT2D eigenvalue weighted by Gasteiger charge is -2.15. The van der Waals surface area contributed by atoms with Crippen molar-refractivity contribution in [2.24, 2.45) is 5.73 Å². The third kappa shape index (κ3) is 3.25. The minimum Gasteiger partial charge on any atom is -0.494 e. The number of nitrogens with two attached hydrogens (primary N) is 1. The summed E-state index contributed by atoms with van der Waals surface area (Å²) in [6.07, 6.45) is 0. The normalized spacial score (nSPS) is 12.2. The molecule has 2 aromatic carbocycles. The zero-order valence-corrected chi connectivity index (χ0v) is 11.3. The summed E-state index contributed by atoms with van der Waals surface area (Å²) in [5.41, 5.74) is 7.74. The standard InChI is InChI=1S/C15H15ClFNO/c1-2-19-12-6-3-10(4-7-12)15(18)13-8-5-11(17)9-14(13)16/h3-9,15H,2,18H2,1H3. The first-order valence-electron chi connectivity index (χ1n) is 6.05. The summed E-state index contributed by atoms with van der Waals surface area (Å²) >= 11 is 6.01. The Balaban J connectivity index is 2.25. The molecule has 1 unspecified atom stereocenters. The van der Waals surface area contributed by atoms with Crippen LogP contribution in [0.15, 0.2) is 42.5 Å². The second-order valence-electron chi connectivity index (χ2n) is 4.15. The van der Waals surface area contributed by atoms with E-state index in [-0.39, 0.29) is 11.9 Å². The molecule has 0 aliphatic carbocycles. The lowest BCUT2D eigenvalue weighted by Crippen LogP contribution is -2.12. The summed E-state index contributed by atoms with van der Waals surface area (Å²) < 4.78 is 18.4. The molecule has 100 valence electrons. The van der Waals surface area contributed by atoms with Gasteiger partial charge in [0.05, 0.1) is 12.6 Å². The lowest BCUT2D eigenvalue weighted by molar-refractivity contribution is 0.340. The third-order valence-electron chi connectivity index (χ3n) is 2.85. The maximum absolute atomic E-state index is 13.0. The van der Waals surface area contributed by atoms with Gasteiger partial charge in [-0.15, -0.1) is 0 Å². The molecule has 0 aliphatic heterocycles. The van der Waals surface area contributed by atoms with E-state index in [1.54, 1.807) is 6.07 Å². The Labute approximate surface area is 117 Å². The van der Waals surface area contributed by atoms with Crippen LogP contribution in [0.3, 0.4) is 0 Å². The summed E-state index contributed by atoms with van der Waals surface area (Å²) in [4.78, 5) is 0. The van der Waals surface area contributed by atoms with Gasteiger partial charge in [-0.05, 0) is 42.3 Å². The molecule has 19 heavy (non-hydrogen) atoms. The highest BCUT2D eigenvalue weighted by molar-refractivity contribution is 6.31. The Morgan fingerprint density at radius 3 is 2.47 bits per heavy atom. The van der Waals surface area contributed by atoms with Crippen LogP contribution >= 0.6 is 11.6 Å². The van der Waals surface area contributed by atoms with E-state index in [1.807, 2.05) is 31.2 Å². The van der Waals surface area contributed by atoms with Gasteiger partial charge in [-0.2, -0.15) is 0 Å². The number of rotatable bonds is 4. The number of benzene rings is 2. The Bertz CT molecular complexity index is 557. The molecule has 0 amide bonds. The minimum atomic E-state index is -0.385. The molecule has 1 atom stereocenters. The molecule has 0 bridgehead atoms. The van der Waals surface area contributed by atoms with Gasteiger partial charge in [0.25, 0.3) is 0 Å². The highest BCUT2D eigenvalue weighted by Crippen LogP contribution is 2.28. The number of hydrogen-bond acceptors (Lipinski definition) is 2. The SMILES string of the molecule is CCOc1ccc(C(N)c2ccc(F)cc2Cl)cc1. The van der Waals surface area contributed by atoms with Crippen LogP contribution in [0.1, 0.15) is 24.1 Å². The van der Waals surface area contributed by atoms with E-state index in [4.69, 9.17) is 22.1 Å². The van der Waals surface area contributed by atoms with Crippen molar-refractivity contribution in [2.75, 3.05) is 6.61 Å². The van der Waals surface area contributed by atoms with Gasteiger partial charge >= 0.3 is 0 Å². The Kier molecular flexibility index (Phi) is 4.40. The lowest BCUT2D eigenvalue weighted by atomic mass is 9.99. The molecule has 0 fully saturated rings. The van der Waals surface area contributed by atoms with Crippen LogP contribution in [0, 0.1) is 5.82 Å². The predicted molar refractivity (Wildman–Crippen MR) is 75.1 cm³/mol. The topological polar surface area (TPSA) is 35.2 Å². The van der Waals surface area contributed by atoms with E-state index in [1.165, 1.54) is 12.1 Å². The second kappa shape index (κ2) is 6.04. The van der Waals surface area contributed by atoms with Gasteiger partial charge in [0, 0.05) is 5.02 Å². The number of hydrogen-bond donors (Lipinski definition) is 1. The fourth-order valence-corrected chi connectivity index (χ4v) is 2.16. The number of ether oxygens (including phenoxy) is 1. The highest BCUT2D eigenvalue weighted by atomic mass is 35.5. The van der Waals surface area contributed by atoms with Crippen LogP contribution in [0.25, 0.3) is 0 Å². The van der Waals surface area contributed by atoms with E-state index in [2.05, 4.69) is 0 Å². The summed E-state index contributed by atoms with van der Waals surface area (Å²) in [6.45, 7) is 2.55. The molecule has 2 N–H and O–H groups in total. The van der Waals surface area contributed by atoms with Crippen LogP contribution in [-0.2, 0) is 0 Å². The average Bonchev–Trinajstić information content (AvgIpc) is 2.39. The van der Waals surface area contributed by atoms with E-state index in [0.29, 0.717) is 17.2 Å². The quantitative estimate of drug-likeness (QED) is 0.920. The molecule has 0 aromatic heterocycles. The molecule has 0 heterocycles. The van der Waals surface area contributed by atoms with Crippen molar-refractivity contribution in [3.63, 3.8) is 0 Å². The first-order valence-corrected chi connectivity index (χ1v) is 6.43. The van der Waals surface area contributed by atoms with E-state index in [0.717, 1.165) is 11.3 Å². The van der Waals surface area contributed by atoms with Crippen molar-refractivity contribution in [1.29, 1.82) is 0 Å². The Morgan fingerprint density at radius 1 is 1.21 bits per heavy atom. The summed E-state index contributed by atoms with van der Waals surface area (Å²) in [5, 5.41) is 0.335. The summed E-state index contributed by atoms with van der Waals surface area (Å²) in [5.74, 6) is 0.427. The Morgan fingerprint density at radius 2 is 1.89 bits per heavy atom. The van der Waals surface area contributed by atoms with Crippen molar-refractivity contribution in [3.8, 4) is 5.75 Å². The molecule has 2 nitrogen and oxygen atoms in total. The molecule has 0 spiro atoms. The fourth-order valence-electron chi connectivity index (χ4n) is 1.87. The summed E-state index contributed by atoms with van der Waals surface area (Å²) in [7, 11) is 0. The van der Waals surface area contributed by atoms with Gasteiger partial charge < -0.3 is 10.5 Å². The number of halogens is 2. The molecule has 2 rings (SSSR count). The zero-order valence-electron chi connectivity index (χ0n) is 10.6. The van der Waals surface area contributed by atoms with E-state index >= 15 is 0 Å². The molecule has 0 saturated heterocycles. The van der Waals surface area contributed by atoms with Gasteiger partial charge in [0.2, 0.25) is 0 Å². The average molecular weight is 280 g/mol. The van der Waals surface area contributed by atoms with Gasteiger partial charge in [0.15, 0.2) is 0 Å². The molecular formula is C15H15ClFNO. The first kappa shape index (κ1) is 13.8. The minimum absolute atomic E-state index is 0.335. The van der Waals surface area contributed by atoms with Gasteiger partial charge in [-0.1, -0.05) is 29.8 Å². The molecule has 0 saturated carbocycles. The van der Waals surface area contributed by atoms with Gasteiger partial charge in [-0.25, -0.2) is 4.39 Å². The Hall–Kier alpha value is -1.58. The van der Waals surface area contributed by atoms with Crippen molar-refractivity contribution in [1.82, 2.24) is 0 Å². The highest BCUT2D eigenvalue weighted by Gasteiger charge is 2.13. The van der Waals surface area contributed by atoms with Crippen LogP contribution in [0.2, 0.25) is 5.02 Å². The van der Waals surface area contributed by atoms with Crippen molar-refractivity contribution >= 4 is 11.6 Å². The molecule has 0 aliphatic rings. The fraction of sp³-hybridized carbons (Fsp3) is 0.200. The molecular weight excluding hydrogens is 265 g/mol. The van der Waals surface area contributed by atoms with Crippen LogP contribution in [0.4, 0.5) is 4.39 Å². The van der Waals surface area contributed by atoms with Gasteiger partial charge in [0.1, 0.15) is 11.6 Å². The summed E-state index contributed by atoms with van der Waals surface area (Å²) in [6, 6.07) is 11.3. The molecule has 2 aromatic rings. The van der Waals surface area contributed by atoms with Crippen molar-refractivity contribution in [3.05, 3.63) is 64.4 Å².